The van der Waals surface area contributed by atoms with E-state index < -0.39 is 17.5 Å². The van der Waals surface area contributed by atoms with Crippen molar-refractivity contribution in [3.8, 4) is 0 Å². The fourth-order valence-corrected chi connectivity index (χ4v) is 1.86. The molecular weight excluding hydrogens is 254 g/mol. The molecule has 6 heteroatoms. The summed E-state index contributed by atoms with van der Waals surface area (Å²) >= 11 is 0. The van der Waals surface area contributed by atoms with Crippen molar-refractivity contribution in [2.75, 3.05) is 36.5 Å². The molecule has 0 radical (unpaired) electrons. The molecule has 1 aromatic carbocycles. The predicted molar refractivity (Wildman–Crippen MR) is 68.2 cm³/mol. The molecule has 0 aromatic heterocycles. The molecule has 1 heterocycles. The Hall–Kier alpha value is -1.95. The summed E-state index contributed by atoms with van der Waals surface area (Å²) < 4.78 is 32.9. The Bertz CT molecular complexity index is 500. The van der Waals surface area contributed by atoms with Gasteiger partial charge in [0, 0.05) is 25.2 Å². The molecule has 2 rings (SSSR count). The summed E-state index contributed by atoms with van der Waals surface area (Å²) in [5.74, 6) is -1.85. The Morgan fingerprint density at radius 1 is 1.32 bits per heavy atom. The van der Waals surface area contributed by atoms with Crippen LogP contribution in [-0.2, 0) is 9.53 Å². The van der Waals surface area contributed by atoms with Gasteiger partial charge in [-0.25, -0.2) is 8.78 Å². The predicted octanol–water partition coefficient (Wildman–Crippen LogP) is 1.93. The van der Waals surface area contributed by atoms with E-state index in [1.165, 1.54) is 0 Å². The first kappa shape index (κ1) is 13.5. The van der Waals surface area contributed by atoms with E-state index in [9.17, 15) is 13.6 Å². The number of anilines is 2. The van der Waals surface area contributed by atoms with Gasteiger partial charge in [0.05, 0.1) is 24.6 Å². The number of nitrogens with one attached hydrogen (secondary N) is 1. The van der Waals surface area contributed by atoms with Gasteiger partial charge in [-0.05, 0) is 6.08 Å². The molecule has 1 aromatic rings. The molecule has 19 heavy (non-hydrogen) atoms. The largest absolute Gasteiger partial charge is 0.378 e. The van der Waals surface area contributed by atoms with Gasteiger partial charge >= 0.3 is 0 Å². The molecule has 0 bridgehead atoms. The summed E-state index contributed by atoms with van der Waals surface area (Å²) in [6.45, 7) is 5.23. The number of rotatable bonds is 3. The van der Waals surface area contributed by atoms with Gasteiger partial charge in [-0.1, -0.05) is 6.58 Å². The lowest BCUT2D eigenvalue weighted by molar-refractivity contribution is -0.111. The first-order chi connectivity index (χ1) is 9.11. The zero-order valence-corrected chi connectivity index (χ0v) is 10.3. The third-order valence-electron chi connectivity index (χ3n) is 2.83. The molecular formula is C13H14F2N2O2. The number of hydrogen-bond acceptors (Lipinski definition) is 3. The minimum Gasteiger partial charge on any atom is -0.378 e. The topological polar surface area (TPSA) is 41.6 Å². The summed E-state index contributed by atoms with van der Waals surface area (Å²) in [6, 6.07) is 2.06. The number of carbonyl (C=O) groups excluding carboxylic acids is 1. The lowest BCUT2D eigenvalue weighted by Crippen LogP contribution is -2.36. The number of hydrogen-bond donors (Lipinski definition) is 1. The number of halogens is 2. The second-order valence-corrected chi connectivity index (χ2v) is 4.08. The van der Waals surface area contributed by atoms with Crippen LogP contribution in [0, 0.1) is 11.6 Å². The quantitative estimate of drug-likeness (QED) is 0.852. The minimum atomic E-state index is -0.682. The molecule has 1 saturated heterocycles. The second-order valence-electron chi connectivity index (χ2n) is 4.08. The number of amides is 1. The highest BCUT2D eigenvalue weighted by Gasteiger charge is 2.18. The second kappa shape index (κ2) is 5.79. The van der Waals surface area contributed by atoms with Gasteiger partial charge < -0.3 is 15.0 Å². The molecule has 1 fully saturated rings. The van der Waals surface area contributed by atoms with Gasteiger partial charge in [-0.3, -0.25) is 4.79 Å². The van der Waals surface area contributed by atoms with Crippen LogP contribution in [0.5, 0.6) is 0 Å². The van der Waals surface area contributed by atoms with Crippen LogP contribution >= 0.6 is 0 Å². The molecule has 4 nitrogen and oxygen atoms in total. The van der Waals surface area contributed by atoms with E-state index in [1.807, 2.05) is 0 Å². The van der Waals surface area contributed by atoms with Crippen LogP contribution in [0.25, 0.3) is 0 Å². The van der Waals surface area contributed by atoms with Crippen molar-refractivity contribution in [3.63, 3.8) is 0 Å². The van der Waals surface area contributed by atoms with Crippen molar-refractivity contribution in [3.05, 3.63) is 36.4 Å². The van der Waals surface area contributed by atoms with E-state index in [2.05, 4.69) is 11.9 Å². The average Bonchev–Trinajstić information content (AvgIpc) is 2.43. The van der Waals surface area contributed by atoms with Crippen molar-refractivity contribution in [1.29, 1.82) is 0 Å². The van der Waals surface area contributed by atoms with Crippen molar-refractivity contribution in [2.24, 2.45) is 0 Å². The first-order valence-electron chi connectivity index (χ1n) is 5.87. The van der Waals surface area contributed by atoms with E-state index in [0.29, 0.717) is 26.3 Å². The lowest BCUT2D eigenvalue weighted by atomic mass is 10.2. The molecule has 0 saturated carbocycles. The molecule has 1 aliphatic rings. The van der Waals surface area contributed by atoms with Crippen LogP contribution in [0.3, 0.4) is 0 Å². The van der Waals surface area contributed by atoms with E-state index in [1.54, 1.807) is 4.90 Å². The van der Waals surface area contributed by atoms with Crippen LogP contribution in [-0.4, -0.2) is 32.2 Å². The van der Waals surface area contributed by atoms with Crippen molar-refractivity contribution >= 4 is 17.3 Å². The highest BCUT2D eigenvalue weighted by atomic mass is 19.1. The summed E-state index contributed by atoms with van der Waals surface area (Å²) in [4.78, 5) is 12.8. The van der Waals surface area contributed by atoms with Crippen LogP contribution in [0.1, 0.15) is 0 Å². The maximum absolute atomic E-state index is 13.9. The summed E-state index contributed by atoms with van der Waals surface area (Å²) in [7, 11) is 0. The van der Waals surface area contributed by atoms with Crippen molar-refractivity contribution in [2.45, 2.75) is 0 Å². The fourth-order valence-electron chi connectivity index (χ4n) is 1.86. The number of nitrogens with zero attached hydrogens (tertiary/aromatic N) is 1. The average molecular weight is 268 g/mol. The zero-order chi connectivity index (χ0) is 13.8. The first-order valence-corrected chi connectivity index (χ1v) is 5.87. The normalized spacial score (nSPS) is 15.2. The van der Waals surface area contributed by atoms with Crippen LogP contribution in [0.2, 0.25) is 0 Å². The molecule has 102 valence electrons. The van der Waals surface area contributed by atoms with E-state index in [-0.39, 0.29) is 11.4 Å². The van der Waals surface area contributed by atoms with Gasteiger partial charge in [0.25, 0.3) is 0 Å². The maximum Gasteiger partial charge on any atom is 0.247 e. The highest BCUT2D eigenvalue weighted by Crippen LogP contribution is 2.26. The molecule has 1 N–H and O–H groups in total. The monoisotopic (exact) mass is 268 g/mol. The Kier molecular flexibility index (Phi) is 4.11. The minimum absolute atomic E-state index is 0.178. The van der Waals surface area contributed by atoms with Gasteiger partial charge in [0.15, 0.2) is 0 Å². The van der Waals surface area contributed by atoms with Crippen molar-refractivity contribution in [1.82, 2.24) is 0 Å². The van der Waals surface area contributed by atoms with Crippen LogP contribution in [0.4, 0.5) is 20.2 Å². The maximum atomic E-state index is 13.9. The number of morpholine rings is 1. The molecule has 1 aliphatic heterocycles. The SMILES string of the molecule is C=CC(=O)Nc1cc(F)c(N2CCOCC2)cc1F. The molecule has 1 amide bonds. The third kappa shape index (κ3) is 3.08. The zero-order valence-electron chi connectivity index (χ0n) is 10.3. The molecule has 0 aliphatic carbocycles. The van der Waals surface area contributed by atoms with Crippen molar-refractivity contribution < 1.29 is 18.3 Å². The van der Waals surface area contributed by atoms with E-state index >= 15 is 0 Å². The third-order valence-corrected chi connectivity index (χ3v) is 2.83. The number of ether oxygens (including phenoxy) is 1. The van der Waals surface area contributed by atoms with Crippen LogP contribution < -0.4 is 10.2 Å². The Morgan fingerprint density at radius 2 is 2.00 bits per heavy atom. The van der Waals surface area contributed by atoms with Crippen LogP contribution in [0.15, 0.2) is 24.8 Å². The Labute approximate surface area is 109 Å². The summed E-state index contributed by atoms with van der Waals surface area (Å²) in [5.41, 5.74) is -0.0168. The standard InChI is InChI=1S/C13H14F2N2O2/c1-2-13(18)16-11-7-10(15)12(8-9(11)14)17-3-5-19-6-4-17/h2,7-8H,1,3-6H2,(H,16,18). The smallest absolute Gasteiger partial charge is 0.247 e. The highest BCUT2D eigenvalue weighted by molar-refractivity contribution is 5.99. The summed E-state index contributed by atoms with van der Waals surface area (Å²) in [6.07, 6.45) is 0.993. The molecule has 0 spiro atoms. The lowest BCUT2D eigenvalue weighted by Gasteiger charge is -2.29. The van der Waals surface area contributed by atoms with Gasteiger partial charge in [0.1, 0.15) is 11.6 Å². The van der Waals surface area contributed by atoms with E-state index in [0.717, 1.165) is 18.2 Å². The van der Waals surface area contributed by atoms with Gasteiger partial charge in [0.2, 0.25) is 5.91 Å². The number of benzene rings is 1. The molecule has 0 unspecified atom stereocenters. The fraction of sp³-hybridized carbons (Fsp3) is 0.308. The number of carbonyl (C=O) groups is 1. The van der Waals surface area contributed by atoms with E-state index in [4.69, 9.17) is 4.74 Å². The molecule has 0 atom stereocenters. The summed E-state index contributed by atoms with van der Waals surface area (Å²) in [5, 5.41) is 2.22. The van der Waals surface area contributed by atoms with Gasteiger partial charge in [-0.15, -0.1) is 0 Å². The Morgan fingerprint density at radius 3 is 2.63 bits per heavy atom. The van der Waals surface area contributed by atoms with Gasteiger partial charge in [-0.2, -0.15) is 0 Å². The Balaban J connectivity index is 2.25.